The Balaban J connectivity index is 1.32. The van der Waals surface area contributed by atoms with Crippen LogP contribution in [0.25, 0.3) is 0 Å². The third-order valence-corrected chi connectivity index (χ3v) is 8.50. The van der Waals surface area contributed by atoms with Gasteiger partial charge in [-0.2, -0.15) is 13.2 Å². The second-order valence-electron chi connectivity index (χ2n) is 11.2. The SMILES string of the molecule is C[C@H]1CC(=O)NN1CC1=CN2C(=O)[C@@H](c3cccc([C@H](c4nncn4C)C4CCC4)c3)CC=C2C(C(F)(F)F)=C1. The number of aromatic nitrogens is 3. The number of alkyl halides is 3. The van der Waals surface area contributed by atoms with Gasteiger partial charge in [-0.05, 0) is 54.9 Å². The van der Waals surface area contributed by atoms with Crippen LogP contribution < -0.4 is 5.43 Å². The number of nitrogens with one attached hydrogen (secondary N) is 1. The maximum atomic E-state index is 14.1. The molecular weight excluding hydrogens is 521 g/mol. The van der Waals surface area contributed by atoms with Crippen LogP contribution in [0.15, 0.2) is 65.8 Å². The molecule has 4 heterocycles. The van der Waals surface area contributed by atoms with Gasteiger partial charge in [0.25, 0.3) is 0 Å². The molecule has 0 spiro atoms. The van der Waals surface area contributed by atoms with Gasteiger partial charge in [0, 0.05) is 38.2 Å². The number of carbonyl (C=O) groups excluding carboxylic acids is 2. The molecule has 210 valence electrons. The number of benzene rings is 1. The molecule has 1 N–H and O–H groups in total. The fraction of sp³-hybridized carbons (Fsp3) is 0.448. The number of hydrogen-bond acceptors (Lipinski definition) is 5. The summed E-state index contributed by atoms with van der Waals surface area (Å²) in [6, 6.07) is 7.66. The molecule has 4 aliphatic rings. The minimum Gasteiger partial charge on any atom is -0.320 e. The van der Waals surface area contributed by atoms with Crippen LogP contribution in [-0.2, 0) is 16.6 Å². The van der Waals surface area contributed by atoms with E-state index in [4.69, 9.17) is 0 Å². The number of allylic oxidation sites excluding steroid dienone is 2. The normalized spacial score (nSPS) is 24.6. The van der Waals surface area contributed by atoms with Crippen molar-refractivity contribution in [2.75, 3.05) is 6.54 Å². The first-order chi connectivity index (χ1) is 19.1. The predicted octanol–water partition coefficient (Wildman–Crippen LogP) is 4.46. The number of carbonyl (C=O) groups is 2. The second kappa shape index (κ2) is 10.0. The number of halogens is 3. The molecular formula is C29H31F3N6O2. The van der Waals surface area contributed by atoms with E-state index in [1.165, 1.54) is 12.3 Å². The Morgan fingerprint density at radius 1 is 1.20 bits per heavy atom. The summed E-state index contributed by atoms with van der Waals surface area (Å²) < 4.78 is 44.3. The molecule has 3 atom stereocenters. The van der Waals surface area contributed by atoms with Crippen molar-refractivity contribution in [1.29, 1.82) is 0 Å². The maximum absolute atomic E-state index is 14.1. The Bertz CT molecular complexity index is 1440. The molecule has 0 radical (unpaired) electrons. The molecule has 2 fully saturated rings. The summed E-state index contributed by atoms with van der Waals surface area (Å²) in [4.78, 5) is 26.8. The first-order valence-electron chi connectivity index (χ1n) is 13.6. The molecule has 1 saturated carbocycles. The van der Waals surface area contributed by atoms with Gasteiger partial charge in [-0.15, -0.1) is 10.2 Å². The van der Waals surface area contributed by atoms with Crippen molar-refractivity contribution < 1.29 is 22.8 Å². The maximum Gasteiger partial charge on any atom is 0.418 e. The highest BCUT2D eigenvalue weighted by atomic mass is 19.4. The van der Waals surface area contributed by atoms with E-state index >= 15 is 0 Å². The van der Waals surface area contributed by atoms with Crippen molar-refractivity contribution in [2.45, 2.75) is 63.1 Å². The number of fused-ring (bicyclic) bond motifs is 1. The summed E-state index contributed by atoms with van der Waals surface area (Å²) in [7, 11) is 1.92. The van der Waals surface area contributed by atoms with Crippen LogP contribution in [0.1, 0.15) is 67.8 Å². The number of rotatable bonds is 6. The molecule has 1 aromatic carbocycles. The van der Waals surface area contributed by atoms with Crippen LogP contribution in [0.3, 0.4) is 0 Å². The topological polar surface area (TPSA) is 83.4 Å². The van der Waals surface area contributed by atoms with E-state index in [0.717, 1.165) is 47.2 Å². The number of hydrogen-bond donors (Lipinski definition) is 1. The molecule has 6 rings (SSSR count). The molecule has 1 saturated heterocycles. The van der Waals surface area contributed by atoms with Gasteiger partial charge in [0.15, 0.2) is 0 Å². The van der Waals surface area contributed by atoms with Gasteiger partial charge in [-0.25, -0.2) is 5.01 Å². The van der Waals surface area contributed by atoms with Crippen molar-refractivity contribution in [1.82, 2.24) is 30.1 Å². The Kier molecular flexibility index (Phi) is 6.64. The summed E-state index contributed by atoms with van der Waals surface area (Å²) in [6.45, 7) is 1.89. The standard InChI is InChI=1S/C29H31F3N6O2/c1-17-11-25(39)35-38(17)15-18-12-23(29(30,31)32)24-10-9-22(28(40)37(24)14-18)20-7-4-8-21(13-20)26(19-5-3-6-19)27-34-33-16-36(27)2/h4,7-8,10,12-14,16-17,19,22,26H,3,5-6,9,11,15H2,1-2H3,(H,35,39)/t17-,22+,26+/m0/s1. The van der Waals surface area contributed by atoms with Gasteiger partial charge in [0.05, 0.1) is 17.2 Å². The summed E-state index contributed by atoms with van der Waals surface area (Å²) in [5, 5.41) is 10.1. The molecule has 0 bridgehead atoms. The Hall–Kier alpha value is -3.73. The number of amides is 2. The lowest BCUT2D eigenvalue weighted by Crippen LogP contribution is -2.42. The Labute approximate surface area is 230 Å². The first kappa shape index (κ1) is 26.5. The molecule has 8 nitrogen and oxygen atoms in total. The van der Waals surface area contributed by atoms with E-state index < -0.39 is 23.6 Å². The van der Waals surface area contributed by atoms with E-state index in [0.29, 0.717) is 11.5 Å². The van der Waals surface area contributed by atoms with Gasteiger partial charge in [0.2, 0.25) is 11.8 Å². The molecule has 1 aliphatic carbocycles. The fourth-order valence-corrected chi connectivity index (χ4v) is 6.18. The lowest BCUT2D eigenvalue weighted by molar-refractivity contribution is -0.130. The van der Waals surface area contributed by atoms with Gasteiger partial charge >= 0.3 is 6.18 Å². The van der Waals surface area contributed by atoms with Crippen LogP contribution in [0.5, 0.6) is 0 Å². The summed E-state index contributed by atoms with van der Waals surface area (Å²) in [5.41, 5.74) is 3.79. The number of nitrogens with zero attached hydrogens (tertiary/aromatic N) is 5. The van der Waals surface area contributed by atoms with E-state index in [2.05, 4.69) is 15.6 Å². The average Bonchev–Trinajstić information content (AvgIpc) is 3.44. The zero-order chi connectivity index (χ0) is 28.2. The van der Waals surface area contributed by atoms with Crippen molar-refractivity contribution in [3.05, 3.63) is 82.7 Å². The van der Waals surface area contributed by atoms with Crippen LogP contribution in [0.2, 0.25) is 0 Å². The van der Waals surface area contributed by atoms with Gasteiger partial charge in [-0.1, -0.05) is 36.8 Å². The monoisotopic (exact) mass is 552 g/mol. The molecule has 40 heavy (non-hydrogen) atoms. The number of hydrazine groups is 1. The first-order valence-corrected chi connectivity index (χ1v) is 13.6. The number of aryl methyl sites for hydroxylation is 1. The van der Waals surface area contributed by atoms with Crippen LogP contribution >= 0.6 is 0 Å². The highest BCUT2D eigenvalue weighted by Gasteiger charge is 2.44. The van der Waals surface area contributed by atoms with Crippen LogP contribution in [0, 0.1) is 5.92 Å². The molecule has 3 aliphatic heterocycles. The molecule has 0 unspecified atom stereocenters. The van der Waals surface area contributed by atoms with Crippen molar-refractivity contribution >= 4 is 11.8 Å². The molecule has 1 aromatic heterocycles. The van der Waals surface area contributed by atoms with E-state index in [-0.39, 0.29) is 43.0 Å². The zero-order valence-electron chi connectivity index (χ0n) is 22.4. The van der Waals surface area contributed by atoms with Gasteiger partial charge < -0.3 is 4.57 Å². The fourth-order valence-electron chi connectivity index (χ4n) is 6.18. The van der Waals surface area contributed by atoms with Gasteiger partial charge in [-0.3, -0.25) is 19.9 Å². The third kappa shape index (κ3) is 4.76. The van der Waals surface area contributed by atoms with Crippen molar-refractivity contribution in [3.8, 4) is 0 Å². The molecule has 2 amide bonds. The van der Waals surface area contributed by atoms with Crippen molar-refractivity contribution in [2.24, 2.45) is 13.0 Å². The Morgan fingerprint density at radius 2 is 2.00 bits per heavy atom. The minimum atomic E-state index is -4.64. The summed E-state index contributed by atoms with van der Waals surface area (Å²) in [5.74, 6) is 0.114. The van der Waals surface area contributed by atoms with Crippen LogP contribution in [-0.4, -0.2) is 55.3 Å². The lowest BCUT2D eigenvalue weighted by Gasteiger charge is -2.37. The average molecular weight is 553 g/mol. The zero-order valence-corrected chi connectivity index (χ0v) is 22.4. The van der Waals surface area contributed by atoms with Crippen LogP contribution in [0.4, 0.5) is 13.2 Å². The Morgan fingerprint density at radius 3 is 2.62 bits per heavy atom. The summed E-state index contributed by atoms with van der Waals surface area (Å²) >= 11 is 0. The second-order valence-corrected chi connectivity index (χ2v) is 11.2. The third-order valence-electron chi connectivity index (χ3n) is 8.50. The van der Waals surface area contributed by atoms with E-state index in [9.17, 15) is 22.8 Å². The summed E-state index contributed by atoms with van der Waals surface area (Å²) in [6.07, 6.45) is 4.88. The lowest BCUT2D eigenvalue weighted by atomic mass is 9.72. The largest absolute Gasteiger partial charge is 0.418 e. The van der Waals surface area contributed by atoms with Gasteiger partial charge in [0.1, 0.15) is 12.2 Å². The smallest absolute Gasteiger partial charge is 0.320 e. The molecule has 11 heteroatoms. The predicted molar refractivity (Wildman–Crippen MR) is 140 cm³/mol. The van der Waals surface area contributed by atoms with E-state index in [1.54, 1.807) is 11.3 Å². The quantitative estimate of drug-likeness (QED) is 0.572. The van der Waals surface area contributed by atoms with Crippen molar-refractivity contribution in [3.63, 3.8) is 0 Å². The van der Waals surface area contributed by atoms with E-state index in [1.807, 2.05) is 42.8 Å². The molecule has 2 aromatic rings. The highest BCUT2D eigenvalue weighted by molar-refractivity contribution is 5.89. The highest BCUT2D eigenvalue weighted by Crippen LogP contribution is 2.45. The minimum absolute atomic E-state index is 0.0323.